The molecule has 0 atom stereocenters. The van der Waals surface area contributed by atoms with Gasteiger partial charge in [-0.3, -0.25) is 0 Å². The second kappa shape index (κ2) is 49.4. The molecule has 8 aromatic rings. The van der Waals surface area contributed by atoms with Crippen molar-refractivity contribution in [2.45, 2.75) is 387 Å². The van der Waals surface area contributed by atoms with Crippen LogP contribution in [-0.4, -0.2) is 19.9 Å². The number of aryl methyl sites for hydroxylation is 4. The summed E-state index contributed by atoms with van der Waals surface area (Å²) in [6, 6.07) is 9.90. The van der Waals surface area contributed by atoms with Gasteiger partial charge in [0.1, 0.15) is 20.0 Å². The largest absolute Gasteiger partial charge is 0.222 e. The van der Waals surface area contributed by atoms with Crippen LogP contribution in [-0.2, 0) is 25.7 Å². The van der Waals surface area contributed by atoms with Gasteiger partial charge in [-0.1, -0.05) is 381 Å². The van der Waals surface area contributed by atoms with Crippen molar-refractivity contribution in [2.75, 3.05) is 0 Å². The van der Waals surface area contributed by atoms with Crippen molar-refractivity contribution in [3.05, 3.63) is 57.3 Å². The average molecular weight is 1450 g/mol. The molecule has 0 aliphatic heterocycles. The quantitative estimate of drug-likeness (QED) is 0.0357. The molecule has 534 valence electrons. The number of nitrogens with zero attached hydrogens (tertiary/aromatic N) is 4. The maximum Gasteiger partial charge on any atom is 0.155 e. The topological polar surface area (TPSA) is 51.6 Å². The minimum absolute atomic E-state index is 1.11. The second-order valence-corrected chi connectivity index (χ2v) is 36.6. The summed E-state index contributed by atoms with van der Waals surface area (Å²) in [5.41, 5.74) is 5.94. The highest BCUT2D eigenvalue weighted by Gasteiger charge is 2.24. The Morgan fingerprint density at radius 3 is 0.646 bits per heavy atom. The molecule has 0 N–H and O–H groups in total. The summed E-state index contributed by atoms with van der Waals surface area (Å²) in [5, 5.41) is 9.25. The van der Waals surface area contributed by atoms with Gasteiger partial charge in [0.25, 0.3) is 0 Å². The van der Waals surface area contributed by atoms with E-state index in [1.165, 1.54) is 400 Å². The Balaban J connectivity index is 0.915. The molecule has 8 rings (SSSR count). The summed E-state index contributed by atoms with van der Waals surface area (Å²) >= 11 is 15.1. The third-order valence-corrected chi connectivity index (χ3v) is 29.4. The van der Waals surface area contributed by atoms with Crippen LogP contribution in [0.1, 0.15) is 384 Å². The minimum Gasteiger partial charge on any atom is -0.222 e. The number of aromatic nitrogens is 4. The Labute approximate surface area is 618 Å². The van der Waals surface area contributed by atoms with Crippen LogP contribution in [0.15, 0.2) is 35.0 Å². The predicted octanol–water partition coefficient (Wildman–Crippen LogP) is 32.9. The molecule has 0 saturated carbocycles. The maximum atomic E-state index is 5.51. The summed E-state index contributed by atoms with van der Waals surface area (Å²) in [5.74, 6) is 0. The number of thiophene rings is 4. The van der Waals surface area contributed by atoms with Crippen molar-refractivity contribution >= 4 is 110 Å². The SMILES string of the molecule is CCCCCCCCCCCCCCCCCCc1ccsc1-c1nc2sc(-c3sc(-c4cc(CCCCCCCCCCCC)c(-c5nc6sc(-c7sccc7CCCCCCCCCCCC)nc6s5)s4)cc3CCCCCCCCCCCCCCCCCC)nc2s1. The van der Waals surface area contributed by atoms with Crippen LogP contribution < -0.4 is 0 Å². The standard InChI is InChI=1S/C84H130N4S8/c1-5-9-13-17-21-25-29-31-33-35-37-39-43-46-50-54-58-68-62-64-90-74(68)78-86-82-84(94-78)88-80(96-82)76-70(60-56-52-48-44-40-38-36-34-32-30-26-22-18-14-10-6-2)66-72(92-76)71-65-69(59-55-51-47-42-28-24-20-16-12-8-4)75(91-71)79-87-83-81(95-79)85-77(93-83)73-67(61-63-89-73)57-53-49-45-41-27-23-19-15-11-7-3/h61-66H,5-60H2,1-4H3. The molecule has 4 nitrogen and oxygen atoms in total. The summed E-state index contributed by atoms with van der Waals surface area (Å²) < 4.78 is 0. The van der Waals surface area contributed by atoms with Crippen LogP contribution in [0, 0.1) is 0 Å². The molecule has 0 aromatic carbocycles. The van der Waals surface area contributed by atoms with Gasteiger partial charge in [0, 0.05) is 9.75 Å². The first-order valence-corrected chi connectivity index (χ1v) is 47.2. The molecule has 0 saturated heterocycles. The van der Waals surface area contributed by atoms with E-state index in [4.69, 9.17) is 19.9 Å². The van der Waals surface area contributed by atoms with Gasteiger partial charge in [0.15, 0.2) is 19.3 Å². The molecule has 0 aliphatic rings. The molecular weight excluding hydrogens is 1320 g/mol. The fourth-order valence-corrected chi connectivity index (χ4v) is 23.2. The van der Waals surface area contributed by atoms with Crippen molar-refractivity contribution in [1.29, 1.82) is 0 Å². The Kier molecular flexibility index (Phi) is 41.0. The molecule has 0 amide bonds. The molecule has 8 aromatic heterocycles. The van der Waals surface area contributed by atoms with Crippen molar-refractivity contribution in [3.63, 3.8) is 0 Å². The monoisotopic (exact) mass is 1450 g/mol. The number of unbranched alkanes of at least 4 members (excludes halogenated alkanes) is 48. The molecule has 0 unspecified atom stereocenters. The van der Waals surface area contributed by atoms with E-state index < -0.39 is 0 Å². The van der Waals surface area contributed by atoms with Gasteiger partial charge in [0.05, 0.1) is 19.5 Å². The summed E-state index contributed by atoms with van der Waals surface area (Å²) in [6.45, 7) is 9.27. The predicted molar refractivity (Wildman–Crippen MR) is 440 cm³/mol. The smallest absolute Gasteiger partial charge is 0.155 e. The van der Waals surface area contributed by atoms with Crippen molar-refractivity contribution in [1.82, 2.24) is 19.9 Å². The molecule has 0 radical (unpaired) electrons. The number of thiazole rings is 4. The van der Waals surface area contributed by atoms with Crippen LogP contribution in [0.25, 0.3) is 68.6 Å². The van der Waals surface area contributed by atoms with Crippen LogP contribution >= 0.6 is 90.7 Å². The highest BCUT2D eigenvalue weighted by Crippen LogP contribution is 2.49. The average Bonchev–Trinajstić information content (AvgIpc) is 1.62. The highest BCUT2D eigenvalue weighted by molar-refractivity contribution is 7.34. The summed E-state index contributed by atoms with van der Waals surface area (Å²) in [4.78, 5) is 34.5. The van der Waals surface area contributed by atoms with Gasteiger partial charge in [-0.05, 0) is 109 Å². The first-order valence-electron chi connectivity index (χ1n) is 40.5. The van der Waals surface area contributed by atoms with Crippen LogP contribution in [0.5, 0.6) is 0 Å². The molecular formula is C84H130N4S8. The van der Waals surface area contributed by atoms with Gasteiger partial charge in [0.2, 0.25) is 0 Å². The van der Waals surface area contributed by atoms with Crippen LogP contribution in [0.3, 0.4) is 0 Å². The van der Waals surface area contributed by atoms with Gasteiger partial charge < -0.3 is 0 Å². The Bertz CT molecular complexity index is 3140. The van der Waals surface area contributed by atoms with E-state index in [0.717, 1.165) is 50.0 Å². The Hall–Kier alpha value is -2.16. The van der Waals surface area contributed by atoms with Crippen LogP contribution in [0.2, 0.25) is 0 Å². The molecule has 96 heavy (non-hydrogen) atoms. The molecule has 0 bridgehead atoms. The van der Waals surface area contributed by atoms with Gasteiger partial charge in [-0.15, -0.1) is 45.3 Å². The Morgan fingerprint density at radius 2 is 0.417 bits per heavy atom. The zero-order chi connectivity index (χ0) is 66.7. The zero-order valence-electron chi connectivity index (χ0n) is 61.1. The van der Waals surface area contributed by atoms with E-state index in [9.17, 15) is 0 Å². The third kappa shape index (κ3) is 28.9. The fraction of sp³-hybridized carbons (Fsp3) is 0.714. The second-order valence-electron chi connectivity index (χ2n) is 28.7. The molecule has 0 aliphatic carbocycles. The normalized spacial score (nSPS) is 12.0. The van der Waals surface area contributed by atoms with Crippen molar-refractivity contribution < 1.29 is 0 Å². The van der Waals surface area contributed by atoms with Gasteiger partial charge in [-0.2, -0.15) is 0 Å². The first kappa shape index (κ1) is 79.5. The van der Waals surface area contributed by atoms with E-state index in [2.05, 4.69) is 62.7 Å². The van der Waals surface area contributed by atoms with Gasteiger partial charge in [-0.25, -0.2) is 19.9 Å². The lowest BCUT2D eigenvalue weighted by atomic mass is 10.0. The Morgan fingerprint density at radius 1 is 0.219 bits per heavy atom. The van der Waals surface area contributed by atoms with Gasteiger partial charge >= 0.3 is 0 Å². The minimum atomic E-state index is 1.11. The third-order valence-electron chi connectivity index (χ3n) is 20.3. The lowest BCUT2D eigenvalue weighted by molar-refractivity contribution is 0.529. The molecule has 0 fully saturated rings. The lowest BCUT2D eigenvalue weighted by Crippen LogP contribution is -1.88. The highest BCUT2D eigenvalue weighted by atomic mass is 32.1. The zero-order valence-corrected chi connectivity index (χ0v) is 67.6. The van der Waals surface area contributed by atoms with E-state index in [1.54, 1.807) is 0 Å². The van der Waals surface area contributed by atoms with E-state index in [-0.39, 0.29) is 0 Å². The number of fused-ring (bicyclic) bond motifs is 2. The molecule has 12 heteroatoms. The van der Waals surface area contributed by atoms with Crippen LogP contribution in [0.4, 0.5) is 0 Å². The number of hydrogen-bond donors (Lipinski definition) is 0. The van der Waals surface area contributed by atoms with E-state index >= 15 is 0 Å². The van der Waals surface area contributed by atoms with E-state index in [1.807, 2.05) is 90.7 Å². The molecule has 8 heterocycles. The summed E-state index contributed by atoms with van der Waals surface area (Å²) in [6.07, 6.45) is 76.8. The maximum absolute atomic E-state index is 5.51. The summed E-state index contributed by atoms with van der Waals surface area (Å²) in [7, 11) is 0. The van der Waals surface area contributed by atoms with Crippen molar-refractivity contribution in [2.24, 2.45) is 0 Å². The molecule has 0 spiro atoms. The van der Waals surface area contributed by atoms with Crippen molar-refractivity contribution in [3.8, 4) is 49.3 Å². The number of rotatable bonds is 61. The number of hydrogen-bond acceptors (Lipinski definition) is 12. The van der Waals surface area contributed by atoms with E-state index in [0.29, 0.717) is 0 Å². The first-order chi connectivity index (χ1) is 47.6. The lowest BCUT2D eigenvalue weighted by Gasteiger charge is -2.04. The fourth-order valence-electron chi connectivity index (χ4n) is 14.3.